The lowest BCUT2D eigenvalue weighted by Gasteiger charge is -2.31. The highest BCUT2D eigenvalue weighted by Gasteiger charge is 2.46. The standard InChI is InChI=1S/C25H29N3O5/c1-17(2)33-20-5-3-19(4-6-20)23(29)21-22(18-7-9-26-10-8-18)28(25(31)24(21)30)12-11-27-13-15-32-16-14-27/h3-10,17,22,29H,11-16H2,1-2H3/t22-/m0/s1. The maximum Gasteiger partial charge on any atom is 0.295 e. The molecule has 0 aliphatic carbocycles. The number of pyridine rings is 1. The lowest BCUT2D eigenvalue weighted by atomic mass is 9.96. The summed E-state index contributed by atoms with van der Waals surface area (Å²) in [6, 6.07) is 9.72. The van der Waals surface area contributed by atoms with E-state index in [0.29, 0.717) is 37.6 Å². The van der Waals surface area contributed by atoms with Crippen LogP contribution in [0.25, 0.3) is 5.76 Å². The van der Waals surface area contributed by atoms with Crippen molar-refractivity contribution in [3.8, 4) is 5.75 Å². The third kappa shape index (κ3) is 5.07. The molecule has 2 aliphatic heterocycles. The first kappa shape index (κ1) is 22.9. The Labute approximate surface area is 193 Å². The molecule has 0 unspecified atom stereocenters. The number of nitrogens with zero attached hydrogens (tertiary/aromatic N) is 3. The average molecular weight is 452 g/mol. The van der Waals surface area contributed by atoms with E-state index in [2.05, 4.69) is 9.88 Å². The summed E-state index contributed by atoms with van der Waals surface area (Å²) in [4.78, 5) is 33.9. The minimum atomic E-state index is -0.682. The maximum atomic E-state index is 13.1. The number of rotatable bonds is 7. The summed E-state index contributed by atoms with van der Waals surface area (Å²) in [5.74, 6) is -0.816. The van der Waals surface area contributed by atoms with Gasteiger partial charge in [-0.2, -0.15) is 0 Å². The number of hydrogen-bond acceptors (Lipinski definition) is 7. The lowest BCUT2D eigenvalue weighted by Crippen LogP contribution is -2.42. The maximum absolute atomic E-state index is 13.1. The van der Waals surface area contributed by atoms with Gasteiger partial charge >= 0.3 is 0 Å². The van der Waals surface area contributed by atoms with Crippen molar-refractivity contribution in [2.24, 2.45) is 0 Å². The molecule has 1 aromatic carbocycles. The van der Waals surface area contributed by atoms with E-state index in [-0.39, 0.29) is 17.4 Å². The molecule has 1 N–H and O–H groups in total. The predicted molar refractivity (Wildman–Crippen MR) is 123 cm³/mol. The lowest BCUT2D eigenvalue weighted by molar-refractivity contribution is -0.140. The minimum Gasteiger partial charge on any atom is -0.507 e. The van der Waals surface area contributed by atoms with Gasteiger partial charge in [0.05, 0.1) is 30.9 Å². The molecule has 2 fully saturated rings. The molecule has 3 heterocycles. The smallest absolute Gasteiger partial charge is 0.295 e. The second-order valence-electron chi connectivity index (χ2n) is 8.42. The first-order valence-corrected chi connectivity index (χ1v) is 11.2. The number of hydrogen-bond donors (Lipinski definition) is 1. The zero-order valence-electron chi connectivity index (χ0n) is 18.9. The summed E-state index contributed by atoms with van der Waals surface area (Å²) in [5, 5.41) is 11.1. The average Bonchev–Trinajstić information content (AvgIpc) is 3.08. The number of morpholine rings is 1. The SMILES string of the molecule is CC(C)Oc1ccc(C(O)=C2C(=O)C(=O)N(CCN3CCOCC3)[C@H]2c2ccncc2)cc1. The number of aliphatic hydroxyl groups excluding tert-OH is 1. The first-order chi connectivity index (χ1) is 16.0. The number of aliphatic hydroxyl groups is 1. The van der Waals surface area contributed by atoms with Crippen molar-refractivity contribution < 1.29 is 24.2 Å². The van der Waals surface area contributed by atoms with Crippen LogP contribution in [0.3, 0.4) is 0 Å². The number of Topliss-reactive ketones (excluding diaryl/α,β-unsaturated/α-hetero) is 1. The van der Waals surface area contributed by atoms with E-state index in [1.54, 1.807) is 53.7 Å². The van der Waals surface area contributed by atoms with Crippen LogP contribution >= 0.6 is 0 Å². The van der Waals surface area contributed by atoms with Gasteiger partial charge in [0.15, 0.2) is 0 Å². The molecule has 8 heteroatoms. The Morgan fingerprint density at radius 2 is 1.76 bits per heavy atom. The van der Waals surface area contributed by atoms with Crippen LogP contribution in [0.15, 0.2) is 54.4 Å². The number of carbonyl (C=O) groups is 2. The summed E-state index contributed by atoms with van der Waals surface area (Å²) >= 11 is 0. The van der Waals surface area contributed by atoms with Gasteiger partial charge in [-0.05, 0) is 55.8 Å². The van der Waals surface area contributed by atoms with Gasteiger partial charge in [0.1, 0.15) is 11.5 Å². The topological polar surface area (TPSA) is 92.2 Å². The van der Waals surface area contributed by atoms with Gasteiger partial charge in [-0.25, -0.2) is 0 Å². The number of benzene rings is 1. The van der Waals surface area contributed by atoms with Crippen LogP contribution in [0.5, 0.6) is 5.75 Å². The molecule has 1 atom stereocenters. The van der Waals surface area contributed by atoms with E-state index in [4.69, 9.17) is 9.47 Å². The third-order valence-electron chi connectivity index (χ3n) is 5.82. The molecule has 2 saturated heterocycles. The van der Waals surface area contributed by atoms with Gasteiger partial charge in [0, 0.05) is 44.1 Å². The Morgan fingerprint density at radius 1 is 1.09 bits per heavy atom. The molecule has 8 nitrogen and oxygen atoms in total. The van der Waals surface area contributed by atoms with Crippen LogP contribution in [0.4, 0.5) is 0 Å². The number of amides is 1. The molecule has 2 aromatic rings. The van der Waals surface area contributed by atoms with Crippen molar-refractivity contribution in [2.45, 2.75) is 26.0 Å². The fraction of sp³-hybridized carbons (Fsp3) is 0.400. The van der Waals surface area contributed by atoms with Crippen molar-refractivity contribution in [3.05, 3.63) is 65.5 Å². The third-order valence-corrected chi connectivity index (χ3v) is 5.82. The quantitative estimate of drug-likeness (QED) is 0.393. The van der Waals surface area contributed by atoms with E-state index in [1.165, 1.54) is 0 Å². The van der Waals surface area contributed by atoms with Gasteiger partial charge in [-0.15, -0.1) is 0 Å². The van der Waals surface area contributed by atoms with E-state index in [1.807, 2.05) is 13.8 Å². The predicted octanol–water partition coefficient (Wildman–Crippen LogP) is 2.62. The van der Waals surface area contributed by atoms with E-state index in [9.17, 15) is 14.7 Å². The van der Waals surface area contributed by atoms with Crippen molar-refractivity contribution in [3.63, 3.8) is 0 Å². The molecule has 1 aromatic heterocycles. The number of aromatic nitrogens is 1. The van der Waals surface area contributed by atoms with Crippen LogP contribution in [0.2, 0.25) is 0 Å². The van der Waals surface area contributed by atoms with Crippen LogP contribution < -0.4 is 4.74 Å². The highest BCUT2D eigenvalue weighted by molar-refractivity contribution is 6.46. The van der Waals surface area contributed by atoms with Gasteiger partial charge in [-0.3, -0.25) is 19.5 Å². The van der Waals surface area contributed by atoms with Crippen molar-refractivity contribution in [1.29, 1.82) is 0 Å². The Hall–Kier alpha value is -3.23. The second kappa shape index (κ2) is 10.1. The van der Waals surface area contributed by atoms with Crippen molar-refractivity contribution in [2.75, 3.05) is 39.4 Å². The molecule has 1 amide bonds. The largest absolute Gasteiger partial charge is 0.507 e. The Balaban J connectivity index is 1.67. The fourth-order valence-corrected chi connectivity index (χ4v) is 4.20. The molecule has 0 spiro atoms. The van der Waals surface area contributed by atoms with E-state index < -0.39 is 17.7 Å². The second-order valence-corrected chi connectivity index (χ2v) is 8.42. The van der Waals surface area contributed by atoms with Crippen molar-refractivity contribution >= 4 is 17.4 Å². The molecule has 4 rings (SSSR count). The molecule has 174 valence electrons. The van der Waals surface area contributed by atoms with E-state index in [0.717, 1.165) is 18.7 Å². The molecule has 33 heavy (non-hydrogen) atoms. The van der Waals surface area contributed by atoms with Crippen LogP contribution in [0, 0.1) is 0 Å². The van der Waals surface area contributed by atoms with Gasteiger partial charge in [0.25, 0.3) is 11.7 Å². The number of likely N-dealkylation sites (tertiary alicyclic amines) is 1. The molecule has 0 saturated carbocycles. The molecular weight excluding hydrogens is 422 g/mol. The van der Waals surface area contributed by atoms with Crippen LogP contribution in [0.1, 0.15) is 31.0 Å². The zero-order valence-corrected chi connectivity index (χ0v) is 18.9. The number of ketones is 1. The summed E-state index contributed by atoms with van der Waals surface area (Å²) in [5.41, 5.74) is 1.27. The van der Waals surface area contributed by atoms with Crippen LogP contribution in [-0.4, -0.2) is 77.1 Å². The summed E-state index contributed by atoms with van der Waals surface area (Å²) in [7, 11) is 0. The number of ether oxygens (including phenoxy) is 2. The highest BCUT2D eigenvalue weighted by atomic mass is 16.5. The van der Waals surface area contributed by atoms with Crippen LogP contribution in [-0.2, 0) is 14.3 Å². The number of carbonyl (C=O) groups excluding carboxylic acids is 2. The monoisotopic (exact) mass is 451 g/mol. The zero-order chi connectivity index (χ0) is 23.4. The Kier molecular flexibility index (Phi) is 7.05. The molecule has 2 aliphatic rings. The van der Waals surface area contributed by atoms with Gasteiger partial charge < -0.3 is 19.5 Å². The van der Waals surface area contributed by atoms with Gasteiger partial charge in [0.2, 0.25) is 0 Å². The Morgan fingerprint density at radius 3 is 2.39 bits per heavy atom. The first-order valence-electron chi connectivity index (χ1n) is 11.2. The molecule has 0 radical (unpaired) electrons. The van der Waals surface area contributed by atoms with Gasteiger partial charge in [-0.1, -0.05) is 0 Å². The highest BCUT2D eigenvalue weighted by Crippen LogP contribution is 2.39. The van der Waals surface area contributed by atoms with Crippen molar-refractivity contribution in [1.82, 2.24) is 14.8 Å². The Bertz CT molecular complexity index is 1010. The van der Waals surface area contributed by atoms with E-state index >= 15 is 0 Å². The molecule has 0 bridgehead atoms. The summed E-state index contributed by atoms with van der Waals surface area (Å²) in [6.07, 6.45) is 3.26. The summed E-state index contributed by atoms with van der Waals surface area (Å²) < 4.78 is 11.1. The molecular formula is C25H29N3O5. The minimum absolute atomic E-state index is 0.0212. The normalized spacial score (nSPS) is 21.1. The fourth-order valence-electron chi connectivity index (χ4n) is 4.20. The summed E-state index contributed by atoms with van der Waals surface area (Å²) in [6.45, 7) is 7.74.